The van der Waals surface area contributed by atoms with Crippen molar-refractivity contribution < 1.29 is 23.1 Å². The Labute approximate surface area is 246 Å². The number of hydrogen-bond acceptors (Lipinski definition) is 6. The highest BCUT2D eigenvalue weighted by Gasteiger charge is 2.47. The number of halogens is 3. The minimum Gasteiger partial charge on any atom is -0.388 e. The summed E-state index contributed by atoms with van der Waals surface area (Å²) in [6, 6.07) is 11.6. The van der Waals surface area contributed by atoms with Gasteiger partial charge in [-0.05, 0) is 79.1 Å². The summed E-state index contributed by atoms with van der Waals surface area (Å²) in [6.45, 7) is 3.52. The number of nitrogens with zero attached hydrogens (tertiary/aromatic N) is 5. The average molecular weight is 589 g/mol. The molecular weight excluding hydrogens is 557 g/mol. The van der Waals surface area contributed by atoms with Crippen LogP contribution in [-0.4, -0.2) is 54.6 Å². The van der Waals surface area contributed by atoms with E-state index in [0.717, 1.165) is 30.0 Å². The lowest BCUT2D eigenvalue weighted by molar-refractivity contribution is 0.0124. The number of fused-ring (bicyclic) bond motifs is 3. The number of carbonyl (C=O) groups is 1. The Balaban J connectivity index is 1.49. The molecule has 2 saturated heterocycles. The van der Waals surface area contributed by atoms with Crippen LogP contribution in [0.3, 0.4) is 0 Å². The molecule has 3 heterocycles. The first-order valence-corrected chi connectivity index (χ1v) is 14.4. The fraction of sp³-hybridized carbons (Fsp3) is 0.375. The van der Waals surface area contributed by atoms with E-state index >= 15 is 8.78 Å². The quantitative estimate of drug-likeness (QED) is 0.302. The molecule has 6 rings (SSSR count). The smallest absolute Gasteiger partial charge is 0.254 e. The highest BCUT2D eigenvalue weighted by molar-refractivity contribution is 5.99. The summed E-state index contributed by atoms with van der Waals surface area (Å²) in [5, 5.41) is 28.1. The molecule has 0 unspecified atom stereocenters. The van der Waals surface area contributed by atoms with Crippen molar-refractivity contribution in [3.05, 3.63) is 71.0 Å². The van der Waals surface area contributed by atoms with E-state index in [1.54, 1.807) is 36.9 Å². The molecule has 2 aliphatic rings. The van der Waals surface area contributed by atoms with Gasteiger partial charge in [-0.3, -0.25) is 4.79 Å². The van der Waals surface area contributed by atoms with E-state index in [4.69, 9.17) is 5.73 Å². The molecule has 4 aromatic rings. The van der Waals surface area contributed by atoms with Crippen LogP contribution in [0.25, 0.3) is 33.3 Å². The second-order valence-electron chi connectivity index (χ2n) is 11.6. The molecule has 3 N–H and O–H groups in total. The normalized spacial score (nSPS) is 19.8. The van der Waals surface area contributed by atoms with Gasteiger partial charge in [-0.25, -0.2) is 17.9 Å². The van der Waals surface area contributed by atoms with Crippen molar-refractivity contribution in [2.45, 2.75) is 76.2 Å². The minimum absolute atomic E-state index is 0.0395. The number of hydrogen-bond donors (Lipinski definition) is 2. The number of nitrogens with two attached hydrogens (primary N) is 1. The van der Waals surface area contributed by atoms with E-state index < -0.39 is 23.1 Å². The molecule has 11 heteroatoms. The Morgan fingerprint density at radius 3 is 2.47 bits per heavy atom. The van der Waals surface area contributed by atoms with Crippen LogP contribution >= 0.6 is 0 Å². The first-order valence-electron chi connectivity index (χ1n) is 14.4. The summed E-state index contributed by atoms with van der Waals surface area (Å²) in [7, 11) is 0. The van der Waals surface area contributed by atoms with Gasteiger partial charge in [0.25, 0.3) is 5.91 Å². The molecule has 0 aliphatic carbocycles. The topological polar surface area (TPSA) is 121 Å². The number of aliphatic hydroxyl groups is 1. The zero-order valence-corrected chi connectivity index (χ0v) is 23.8. The first kappa shape index (κ1) is 28.8. The van der Waals surface area contributed by atoms with Gasteiger partial charge in [0.05, 0.1) is 17.7 Å². The summed E-state index contributed by atoms with van der Waals surface area (Å²) < 4.78 is 47.6. The largest absolute Gasteiger partial charge is 0.388 e. The van der Waals surface area contributed by atoms with E-state index in [-0.39, 0.29) is 69.4 Å². The molecule has 8 nitrogen and oxygen atoms in total. The molecule has 1 amide bonds. The van der Waals surface area contributed by atoms with E-state index in [2.05, 4.69) is 10.3 Å². The number of nitriles is 1. The lowest BCUT2D eigenvalue weighted by Crippen LogP contribution is -2.40. The third-order valence-electron chi connectivity index (χ3n) is 9.22. The molecule has 0 saturated carbocycles. The van der Waals surface area contributed by atoms with Gasteiger partial charge in [-0.2, -0.15) is 5.26 Å². The average Bonchev–Trinajstić information content (AvgIpc) is 3.70. The van der Waals surface area contributed by atoms with Crippen LogP contribution in [0.15, 0.2) is 42.5 Å². The Kier molecular flexibility index (Phi) is 7.22. The lowest BCUT2D eigenvalue weighted by Gasteiger charge is -2.25. The summed E-state index contributed by atoms with van der Waals surface area (Å²) in [4.78, 5) is 15.5. The van der Waals surface area contributed by atoms with Crippen molar-refractivity contribution in [3.8, 4) is 28.3 Å². The summed E-state index contributed by atoms with van der Waals surface area (Å²) >= 11 is 0. The SMILES string of the molecule is CCC(O)(CC)Cn1nnc2cc(-c3ccc(C(=O)N4[C@@H]5CC[C@H]4[C@@H](N)C5)cc3-c3ccc(C#N)c(F)c3)c(F)c(F)c21. The van der Waals surface area contributed by atoms with Gasteiger partial charge in [0.1, 0.15) is 22.9 Å². The summed E-state index contributed by atoms with van der Waals surface area (Å²) in [5.74, 6) is -3.38. The van der Waals surface area contributed by atoms with Gasteiger partial charge >= 0.3 is 0 Å². The molecular formula is C32H31F3N6O2. The standard InChI is InChI=1S/C32H31F3N6O2/c1-3-32(43,4-2)16-40-30-26(38-39-40)14-23(28(34)29(30)35)21-9-7-18(31(42)41-20-8-10-27(41)25(37)13-20)11-22(21)17-5-6-19(15-36)24(33)12-17/h5-7,9,11-12,14,20,25,27,43H,3-4,8,10,13,16,37H2,1-2H3/t20-,25+,27+/m1/s1. The van der Waals surface area contributed by atoms with E-state index in [9.17, 15) is 19.6 Å². The van der Waals surface area contributed by atoms with Crippen molar-refractivity contribution in [2.24, 2.45) is 5.73 Å². The van der Waals surface area contributed by atoms with Crippen LogP contribution in [0.4, 0.5) is 13.2 Å². The Bertz CT molecular complexity index is 1790. The summed E-state index contributed by atoms with van der Waals surface area (Å²) in [5.41, 5.74) is 5.72. The maximum Gasteiger partial charge on any atom is 0.254 e. The Morgan fingerprint density at radius 1 is 1.07 bits per heavy atom. The van der Waals surface area contributed by atoms with Crippen LogP contribution < -0.4 is 5.73 Å². The molecule has 43 heavy (non-hydrogen) atoms. The van der Waals surface area contributed by atoms with Crippen LogP contribution in [0.5, 0.6) is 0 Å². The molecule has 2 bridgehead atoms. The monoisotopic (exact) mass is 588 g/mol. The van der Waals surface area contributed by atoms with Crippen LogP contribution in [-0.2, 0) is 6.54 Å². The molecule has 3 aromatic carbocycles. The van der Waals surface area contributed by atoms with Crippen molar-refractivity contribution >= 4 is 16.9 Å². The molecule has 3 atom stereocenters. The van der Waals surface area contributed by atoms with Crippen molar-refractivity contribution in [2.75, 3.05) is 0 Å². The molecule has 2 fully saturated rings. The fourth-order valence-corrected chi connectivity index (χ4v) is 6.56. The Hall–Kier alpha value is -4.27. The number of carbonyl (C=O) groups excluding carboxylic acids is 1. The van der Waals surface area contributed by atoms with Crippen molar-refractivity contribution in [3.63, 3.8) is 0 Å². The van der Waals surface area contributed by atoms with Crippen molar-refractivity contribution in [1.82, 2.24) is 19.9 Å². The van der Waals surface area contributed by atoms with Crippen LogP contribution in [0.2, 0.25) is 0 Å². The third kappa shape index (κ3) is 4.75. The summed E-state index contributed by atoms with van der Waals surface area (Å²) in [6.07, 6.45) is 3.18. The van der Waals surface area contributed by atoms with E-state index in [1.807, 2.05) is 0 Å². The molecule has 0 radical (unpaired) electrons. The number of amides is 1. The molecule has 1 aromatic heterocycles. The number of aromatic nitrogens is 3. The van der Waals surface area contributed by atoms with Gasteiger partial charge < -0.3 is 15.7 Å². The van der Waals surface area contributed by atoms with Gasteiger partial charge in [-0.15, -0.1) is 5.10 Å². The maximum atomic E-state index is 15.9. The number of benzene rings is 3. The first-order chi connectivity index (χ1) is 20.6. The fourth-order valence-electron chi connectivity index (χ4n) is 6.56. The Morgan fingerprint density at radius 2 is 1.84 bits per heavy atom. The zero-order chi connectivity index (χ0) is 30.6. The second-order valence-corrected chi connectivity index (χ2v) is 11.6. The van der Waals surface area contributed by atoms with E-state index in [1.165, 1.54) is 24.3 Å². The highest BCUT2D eigenvalue weighted by Crippen LogP contribution is 2.41. The molecule has 0 spiro atoms. The van der Waals surface area contributed by atoms with Gasteiger partial charge in [0.2, 0.25) is 0 Å². The predicted octanol–water partition coefficient (Wildman–Crippen LogP) is 5.31. The lowest BCUT2D eigenvalue weighted by atomic mass is 9.91. The van der Waals surface area contributed by atoms with Gasteiger partial charge in [-0.1, -0.05) is 31.2 Å². The van der Waals surface area contributed by atoms with Crippen LogP contribution in [0.1, 0.15) is 61.9 Å². The maximum absolute atomic E-state index is 15.9. The van der Waals surface area contributed by atoms with E-state index in [0.29, 0.717) is 18.4 Å². The van der Waals surface area contributed by atoms with Gasteiger partial charge in [0.15, 0.2) is 11.6 Å². The minimum atomic E-state index is -1.19. The van der Waals surface area contributed by atoms with Crippen LogP contribution in [0, 0.1) is 28.8 Å². The zero-order valence-electron chi connectivity index (χ0n) is 23.8. The number of rotatable bonds is 7. The second kappa shape index (κ2) is 10.8. The highest BCUT2D eigenvalue weighted by atomic mass is 19.2. The third-order valence-corrected chi connectivity index (χ3v) is 9.22. The van der Waals surface area contributed by atoms with Crippen molar-refractivity contribution in [1.29, 1.82) is 5.26 Å². The molecule has 222 valence electrons. The van der Waals surface area contributed by atoms with Gasteiger partial charge in [0, 0.05) is 29.3 Å². The molecule has 2 aliphatic heterocycles. The predicted molar refractivity (Wildman–Crippen MR) is 154 cm³/mol.